The molecule has 2 heteroatoms. The lowest BCUT2D eigenvalue weighted by atomic mass is 10.0. The Morgan fingerprint density at radius 3 is 2.31 bits per heavy atom. The molecule has 0 bridgehead atoms. The zero-order valence-corrected chi connectivity index (χ0v) is 9.90. The van der Waals surface area contributed by atoms with Crippen molar-refractivity contribution in [3.8, 4) is 11.1 Å². The minimum Gasteiger partial charge on any atom is -0.207 e. The fraction of sp³-hybridized carbons (Fsp3) is 0.143. The molecule has 0 aliphatic rings. The zero-order chi connectivity index (χ0) is 11.7. The summed E-state index contributed by atoms with van der Waals surface area (Å²) in [7, 11) is 0. The number of hydrogen-bond acceptors (Lipinski definition) is 0. The zero-order valence-electron chi connectivity index (χ0n) is 9.14. The molecule has 0 unspecified atom stereocenters. The standard InChI is InChI=1S/C14H11ClF/c1-9-6-12(7-10(2)14(9)15)11-4-3-5-13(16)8-11/h3,5-8H,1-2H3. The molecule has 1 radical (unpaired) electrons. The summed E-state index contributed by atoms with van der Waals surface area (Å²) in [5.41, 5.74) is 3.69. The van der Waals surface area contributed by atoms with Crippen LogP contribution in [0, 0.1) is 25.7 Å². The van der Waals surface area contributed by atoms with Crippen molar-refractivity contribution < 1.29 is 4.39 Å². The van der Waals surface area contributed by atoms with Gasteiger partial charge >= 0.3 is 0 Å². The molecule has 2 rings (SSSR count). The summed E-state index contributed by atoms with van der Waals surface area (Å²) < 4.78 is 13.1. The normalized spacial score (nSPS) is 10.5. The van der Waals surface area contributed by atoms with Crippen LogP contribution in [-0.2, 0) is 0 Å². The summed E-state index contributed by atoms with van der Waals surface area (Å²) in [6.07, 6.45) is 0. The first-order chi connectivity index (χ1) is 7.58. The summed E-state index contributed by atoms with van der Waals surface area (Å²) in [5.74, 6) is -0.251. The van der Waals surface area contributed by atoms with Gasteiger partial charge in [0.15, 0.2) is 0 Å². The van der Waals surface area contributed by atoms with Gasteiger partial charge in [0, 0.05) is 5.02 Å². The summed E-state index contributed by atoms with van der Waals surface area (Å²) in [4.78, 5) is 0. The molecule has 0 saturated heterocycles. The van der Waals surface area contributed by atoms with Crippen molar-refractivity contribution in [2.75, 3.05) is 0 Å². The lowest BCUT2D eigenvalue weighted by molar-refractivity contribution is 0.628. The maximum atomic E-state index is 13.1. The predicted octanol–water partition coefficient (Wildman–Crippen LogP) is 4.56. The monoisotopic (exact) mass is 233 g/mol. The molecule has 0 aromatic heterocycles. The van der Waals surface area contributed by atoms with Crippen molar-refractivity contribution in [1.82, 2.24) is 0 Å². The molecule has 0 saturated carbocycles. The molecule has 0 aliphatic carbocycles. The van der Waals surface area contributed by atoms with E-state index in [2.05, 4.69) is 6.07 Å². The Balaban J connectivity index is 2.57. The maximum absolute atomic E-state index is 13.1. The lowest BCUT2D eigenvalue weighted by Gasteiger charge is -2.07. The van der Waals surface area contributed by atoms with Crippen LogP contribution in [0.15, 0.2) is 30.3 Å². The number of rotatable bonds is 1. The van der Waals surface area contributed by atoms with Crippen LogP contribution in [0.4, 0.5) is 4.39 Å². The Morgan fingerprint density at radius 1 is 1.12 bits per heavy atom. The molecule has 0 heterocycles. The van der Waals surface area contributed by atoms with E-state index in [1.54, 1.807) is 6.07 Å². The van der Waals surface area contributed by atoms with Gasteiger partial charge in [-0.05, 0) is 66.4 Å². The Hall–Kier alpha value is -1.34. The minimum absolute atomic E-state index is 0.251. The van der Waals surface area contributed by atoms with E-state index in [0.29, 0.717) is 0 Å². The van der Waals surface area contributed by atoms with Crippen LogP contribution in [0.1, 0.15) is 11.1 Å². The smallest absolute Gasteiger partial charge is 0.123 e. The summed E-state index contributed by atoms with van der Waals surface area (Å²) >= 11 is 6.08. The molecule has 81 valence electrons. The molecule has 0 spiro atoms. The van der Waals surface area contributed by atoms with Crippen LogP contribution in [0.3, 0.4) is 0 Å². The molecule has 0 atom stereocenters. The first kappa shape index (κ1) is 11.2. The van der Waals surface area contributed by atoms with Gasteiger partial charge in [0.2, 0.25) is 0 Å². The molecule has 0 N–H and O–H groups in total. The highest BCUT2D eigenvalue weighted by molar-refractivity contribution is 6.32. The van der Waals surface area contributed by atoms with Gasteiger partial charge in [0.05, 0.1) is 0 Å². The molecule has 0 nitrogen and oxygen atoms in total. The lowest BCUT2D eigenvalue weighted by Crippen LogP contribution is -1.86. The van der Waals surface area contributed by atoms with Crippen molar-refractivity contribution in [1.29, 1.82) is 0 Å². The van der Waals surface area contributed by atoms with E-state index in [0.717, 1.165) is 27.3 Å². The molecule has 2 aromatic carbocycles. The number of hydrogen-bond donors (Lipinski definition) is 0. The van der Waals surface area contributed by atoms with Crippen LogP contribution in [-0.4, -0.2) is 0 Å². The third-order valence-corrected chi connectivity index (χ3v) is 3.11. The molecule has 16 heavy (non-hydrogen) atoms. The highest BCUT2D eigenvalue weighted by Crippen LogP contribution is 2.28. The van der Waals surface area contributed by atoms with Gasteiger partial charge in [-0.25, -0.2) is 4.39 Å². The Kier molecular flexibility index (Phi) is 2.97. The van der Waals surface area contributed by atoms with E-state index in [-0.39, 0.29) is 5.82 Å². The second-order valence-corrected chi connectivity index (χ2v) is 4.22. The average molecular weight is 234 g/mol. The van der Waals surface area contributed by atoms with Crippen molar-refractivity contribution in [3.05, 3.63) is 58.4 Å². The number of benzene rings is 2. The topological polar surface area (TPSA) is 0 Å². The summed E-state index contributed by atoms with van der Waals surface area (Å²) in [5, 5.41) is 0.764. The third kappa shape index (κ3) is 2.10. The van der Waals surface area contributed by atoms with Gasteiger partial charge in [0.1, 0.15) is 5.82 Å². The number of aryl methyl sites for hydroxylation is 2. The Morgan fingerprint density at radius 2 is 1.75 bits per heavy atom. The van der Waals surface area contributed by atoms with E-state index in [1.165, 1.54) is 12.1 Å². The van der Waals surface area contributed by atoms with Gasteiger partial charge in [-0.2, -0.15) is 0 Å². The van der Waals surface area contributed by atoms with Gasteiger partial charge in [0.25, 0.3) is 0 Å². The van der Waals surface area contributed by atoms with E-state index in [1.807, 2.05) is 26.0 Å². The van der Waals surface area contributed by atoms with Gasteiger partial charge in [-0.1, -0.05) is 17.7 Å². The first-order valence-corrected chi connectivity index (χ1v) is 5.40. The largest absolute Gasteiger partial charge is 0.207 e. The van der Waals surface area contributed by atoms with E-state index in [9.17, 15) is 4.39 Å². The van der Waals surface area contributed by atoms with Crippen LogP contribution in [0.5, 0.6) is 0 Å². The maximum Gasteiger partial charge on any atom is 0.123 e. The molecule has 0 amide bonds. The quantitative estimate of drug-likeness (QED) is 0.677. The summed E-state index contributed by atoms with van der Waals surface area (Å²) in [6.45, 7) is 3.89. The second-order valence-electron chi connectivity index (χ2n) is 3.84. The van der Waals surface area contributed by atoms with E-state index in [4.69, 9.17) is 11.6 Å². The van der Waals surface area contributed by atoms with Crippen molar-refractivity contribution >= 4 is 11.6 Å². The molecular formula is C14H11ClF. The van der Waals surface area contributed by atoms with Gasteiger partial charge < -0.3 is 0 Å². The van der Waals surface area contributed by atoms with Crippen LogP contribution in [0.2, 0.25) is 5.02 Å². The van der Waals surface area contributed by atoms with Crippen LogP contribution < -0.4 is 0 Å². The van der Waals surface area contributed by atoms with Gasteiger partial charge in [-0.15, -0.1) is 0 Å². The minimum atomic E-state index is -0.251. The molecule has 0 fully saturated rings. The number of halogens is 2. The summed E-state index contributed by atoms with van der Waals surface area (Å²) in [6, 6.07) is 11.4. The molecular weight excluding hydrogens is 223 g/mol. The van der Waals surface area contributed by atoms with Crippen molar-refractivity contribution in [2.45, 2.75) is 13.8 Å². The van der Waals surface area contributed by atoms with Crippen molar-refractivity contribution in [2.24, 2.45) is 0 Å². The molecule has 2 aromatic rings. The Bertz CT molecular complexity index is 509. The van der Waals surface area contributed by atoms with Gasteiger partial charge in [-0.3, -0.25) is 0 Å². The van der Waals surface area contributed by atoms with Crippen LogP contribution >= 0.6 is 11.6 Å². The Labute approximate surface area is 99.7 Å². The second kappa shape index (κ2) is 4.26. The predicted molar refractivity (Wildman–Crippen MR) is 65.2 cm³/mol. The van der Waals surface area contributed by atoms with Crippen molar-refractivity contribution in [3.63, 3.8) is 0 Å². The average Bonchev–Trinajstić information content (AvgIpc) is 2.25. The van der Waals surface area contributed by atoms with Crippen LogP contribution in [0.25, 0.3) is 11.1 Å². The highest BCUT2D eigenvalue weighted by atomic mass is 35.5. The van der Waals surface area contributed by atoms with E-state index >= 15 is 0 Å². The fourth-order valence-corrected chi connectivity index (χ4v) is 1.82. The fourth-order valence-electron chi connectivity index (χ4n) is 1.71. The molecule has 0 aliphatic heterocycles. The first-order valence-electron chi connectivity index (χ1n) is 5.02. The van der Waals surface area contributed by atoms with E-state index < -0.39 is 0 Å². The third-order valence-electron chi connectivity index (χ3n) is 2.51. The SMILES string of the molecule is Cc1cc(-c2[c]ccc(F)c2)cc(C)c1Cl. The highest BCUT2D eigenvalue weighted by Gasteiger charge is 2.05.